The smallest absolute Gasteiger partial charge is 0.130 e. The minimum Gasteiger partial charge on any atom is -0.460 e. The molecule has 0 aliphatic carbocycles. The highest BCUT2D eigenvalue weighted by Crippen LogP contribution is 2.25. The van der Waals surface area contributed by atoms with Crippen LogP contribution < -0.4 is 10.1 Å². The largest absolute Gasteiger partial charge is 0.460 e. The molecule has 1 heterocycles. The van der Waals surface area contributed by atoms with E-state index in [2.05, 4.69) is 29.7 Å². The first-order valence-electron chi connectivity index (χ1n) is 4.52. The Morgan fingerprint density at radius 3 is 3.14 bits per heavy atom. The van der Waals surface area contributed by atoms with Gasteiger partial charge in [-0.1, -0.05) is 30.4 Å². The summed E-state index contributed by atoms with van der Waals surface area (Å²) in [5, 5.41) is 2.95. The van der Waals surface area contributed by atoms with Gasteiger partial charge in [0.2, 0.25) is 0 Å². The van der Waals surface area contributed by atoms with Crippen molar-refractivity contribution in [3.63, 3.8) is 0 Å². The topological polar surface area (TPSA) is 21.3 Å². The molecule has 0 fully saturated rings. The summed E-state index contributed by atoms with van der Waals surface area (Å²) < 4.78 is 5.67. The van der Waals surface area contributed by atoms with Gasteiger partial charge in [-0.2, -0.15) is 0 Å². The number of thiocarbonyl (C=S) groups is 1. The van der Waals surface area contributed by atoms with Gasteiger partial charge in [0, 0.05) is 0 Å². The number of para-hydroxylation sites is 1. The molecule has 2 nitrogen and oxygen atoms in total. The van der Waals surface area contributed by atoms with Crippen LogP contribution in [0.5, 0.6) is 5.75 Å². The zero-order valence-electron chi connectivity index (χ0n) is 7.69. The van der Waals surface area contributed by atoms with Crippen molar-refractivity contribution in [1.82, 2.24) is 5.32 Å². The molecule has 2 rings (SSSR count). The Labute approximate surface area is 88.6 Å². The van der Waals surface area contributed by atoms with Crippen LogP contribution in [0.1, 0.15) is 5.56 Å². The SMILES string of the molecule is S=CNCC1=CCc2ccccc2O1. The molecule has 1 aromatic carbocycles. The first kappa shape index (κ1) is 9.21. The van der Waals surface area contributed by atoms with Gasteiger partial charge in [-0.3, -0.25) is 0 Å². The summed E-state index contributed by atoms with van der Waals surface area (Å²) in [6.45, 7) is 0.665. The summed E-state index contributed by atoms with van der Waals surface area (Å²) in [5.74, 6) is 1.89. The van der Waals surface area contributed by atoms with E-state index in [-0.39, 0.29) is 0 Å². The second kappa shape index (κ2) is 4.24. The van der Waals surface area contributed by atoms with Crippen molar-refractivity contribution >= 4 is 17.7 Å². The van der Waals surface area contributed by atoms with Crippen molar-refractivity contribution in [2.75, 3.05) is 6.54 Å². The Morgan fingerprint density at radius 1 is 1.43 bits per heavy atom. The molecule has 0 bridgehead atoms. The monoisotopic (exact) mass is 205 g/mol. The molecule has 0 atom stereocenters. The highest BCUT2D eigenvalue weighted by Gasteiger charge is 2.10. The molecule has 0 aromatic heterocycles. The number of ether oxygens (including phenoxy) is 1. The molecule has 14 heavy (non-hydrogen) atoms. The molecule has 0 radical (unpaired) electrons. The average Bonchev–Trinajstić information content (AvgIpc) is 2.26. The van der Waals surface area contributed by atoms with Gasteiger partial charge in [-0.05, 0) is 24.1 Å². The Hall–Kier alpha value is -1.35. The third kappa shape index (κ3) is 1.93. The van der Waals surface area contributed by atoms with Crippen molar-refractivity contribution in [2.24, 2.45) is 0 Å². The zero-order chi connectivity index (χ0) is 9.80. The predicted molar refractivity (Wildman–Crippen MR) is 60.5 cm³/mol. The number of benzene rings is 1. The molecule has 0 unspecified atom stereocenters. The lowest BCUT2D eigenvalue weighted by atomic mass is 10.1. The van der Waals surface area contributed by atoms with Gasteiger partial charge >= 0.3 is 0 Å². The van der Waals surface area contributed by atoms with Crippen LogP contribution in [0, 0.1) is 0 Å². The Kier molecular flexibility index (Phi) is 2.79. The van der Waals surface area contributed by atoms with Gasteiger partial charge in [0.25, 0.3) is 0 Å². The van der Waals surface area contributed by atoms with Gasteiger partial charge < -0.3 is 10.1 Å². The van der Waals surface area contributed by atoms with Gasteiger partial charge in [0.05, 0.1) is 12.0 Å². The zero-order valence-corrected chi connectivity index (χ0v) is 8.51. The molecule has 0 saturated carbocycles. The summed E-state index contributed by atoms with van der Waals surface area (Å²) >= 11 is 4.68. The first-order valence-corrected chi connectivity index (χ1v) is 4.99. The molecular weight excluding hydrogens is 194 g/mol. The Morgan fingerprint density at radius 2 is 2.29 bits per heavy atom. The number of allylic oxidation sites excluding steroid dienone is 1. The van der Waals surface area contributed by atoms with Crippen LogP contribution in [-0.2, 0) is 6.42 Å². The van der Waals surface area contributed by atoms with Gasteiger partial charge in [0.15, 0.2) is 0 Å². The van der Waals surface area contributed by atoms with E-state index in [1.165, 1.54) is 11.1 Å². The standard InChI is InChI=1S/C11H11NOS/c14-8-12-7-10-6-5-9-3-1-2-4-11(9)13-10/h1-4,6,8H,5,7H2,(H,12,14). The highest BCUT2D eigenvalue weighted by atomic mass is 32.1. The molecule has 1 aliphatic heterocycles. The van der Waals surface area contributed by atoms with E-state index in [4.69, 9.17) is 4.74 Å². The third-order valence-electron chi connectivity index (χ3n) is 2.12. The Bertz CT molecular complexity index is 373. The fourth-order valence-corrected chi connectivity index (χ4v) is 1.51. The quantitative estimate of drug-likeness (QED) is 0.763. The predicted octanol–water partition coefficient (Wildman–Crippen LogP) is 2.05. The highest BCUT2D eigenvalue weighted by molar-refractivity contribution is 7.78. The van der Waals surface area contributed by atoms with Gasteiger partial charge in [0.1, 0.15) is 11.5 Å². The maximum Gasteiger partial charge on any atom is 0.130 e. The Balaban J connectivity index is 2.09. The van der Waals surface area contributed by atoms with Crippen molar-refractivity contribution in [1.29, 1.82) is 0 Å². The van der Waals surface area contributed by atoms with Crippen molar-refractivity contribution in [2.45, 2.75) is 6.42 Å². The summed E-state index contributed by atoms with van der Waals surface area (Å²) in [6, 6.07) is 8.07. The van der Waals surface area contributed by atoms with E-state index >= 15 is 0 Å². The van der Waals surface area contributed by atoms with Crippen molar-refractivity contribution < 1.29 is 4.74 Å². The maximum absolute atomic E-state index is 5.67. The van der Waals surface area contributed by atoms with Gasteiger partial charge in [-0.15, -0.1) is 0 Å². The second-order valence-corrected chi connectivity index (χ2v) is 3.32. The van der Waals surface area contributed by atoms with Crippen LogP contribution in [-0.4, -0.2) is 12.0 Å². The fourth-order valence-electron chi connectivity index (χ4n) is 1.43. The first-order chi connectivity index (χ1) is 6.90. The molecule has 0 spiro atoms. The number of hydrogen-bond acceptors (Lipinski definition) is 2. The molecule has 3 heteroatoms. The maximum atomic E-state index is 5.67. The lowest BCUT2D eigenvalue weighted by Gasteiger charge is -2.17. The minimum atomic E-state index is 0.665. The number of fused-ring (bicyclic) bond motifs is 1. The molecule has 1 aliphatic rings. The summed E-state index contributed by atoms with van der Waals surface area (Å²) in [6.07, 6.45) is 3.01. The molecular formula is C11H11NOS. The second-order valence-electron chi connectivity index (χ2n) is 3.08. The molecule has 0 amide bonds. The number of nitrogens with one attached hydrogen (secondary N) is 1. The molecule has 0 saturated heterocycles. The van der Waals surface area contributed by atoms with E-state index in [9.17, 15) is 0 Å². The van der Waals surface area contributed by atoms with Crippen LogP contribution in [0.2, 0.25) is 0 Å². The number of hydrogen-bond donors (Lipinski definition) is 1. The number of rotatable bonds is 3. The average molecular weight is 205 g/mol. The van der Waals surface area contributed by atoms with Crippen LogP contribution in [0.25, 0.3) is 0 Å². The third-order valence-corrected chi connectivity index (χ3v) is 2.29. The lowest BCUT2D eigenvalue weighted by molar-refractivity contribution is 0.398. The van der Waals surface area contributed by atoms with Crippen LogP contribution >= 0.6 is 12.2 Å². The lowest BCUT2D eigenvalue weighted by Crippen LogP contribution is -2.19. The van der Waals surface area contributed by atoms with Gasteiger partial charge in [-0.25, -0.2) is 0 Å². The molecule has 1 N–H and O–H groups in total. The summed E-state index contributed by atoms with van der Waals surface area (Å²) in [7, 11) is 0. The van der Waals surface area contributed by atoms with E-state index < -0.39 is 0 Å². The molecule has 1 aromatic rings. The summed E-state index contributed by atoms with van der Waals surface area (Å²) in [5.41, 5.74) is 2.74. The fraction of sp³-hybridized carbons (Fsp3) is 0.182. The van der Waals surface area contributed by atoms with E-state index in [1.807, 2.05) is 18.2 Å². The van der Waals surface area contributed by atoms with E-state index in [0.717, 1.165) is 17.9 Å². The minimum absolute atomic E-state index is 0.665. The van der Waals surface area contributed by atoms with E-state index in [1.54, 1.807) is 0 Å². The van der Waals surface area contributed by atoms with Crippen molar-refractivity contribution in [3.05, 3.63) is 41.7 Å². The van der Waals surface area contributed by atoms with Crippen LogP contribution in [0.3, 0.4) is 0 Å². The van der Waals surface area contributed by atoms with Crippen LogP contribution in [0.4, 0.5) is 0 Å². The van der Waals surface area contributed by atoms with Crippen molar-refractivity contribution in [3.8, 4) is 5.75 Å². The molecule has 72 valence electrons. The normalized spacial score (nSPS) is 13.6. The summed E-state index contributed by atoms with van der Waals surface area (Å²) in [4.78, 5) is 0. The van der Waals surface area contributed by atoms with Crippen LogP contribution in [0.15, 0.2) is 36.1 Å². The van der Waals surface area contributed by atoms with E-state index in [0.29, 0.717) is 6.54 Å².